The number of hydrogen-bond acceptors (Lipinski definition) is 4. The van der Waals surface area contributed by atoms with Gasteiger partial charge in [0.1, 0.15) is 5.75 Å². The van der Waals surface area contributed by atoms with E-state index in [4.69, 9.17) is 5.73 Å². The van der Waals surface area contributed by atoms with Gasteiger partial charge >= 0.3 is 0 Å². The molecular formula is C10H8I2N2OS. The third-order valence-corrected chi connectivity index (χ3v) is 4.34. The highest BCUT2D eigenvalue weighted by atomic mass is 127. The van der Waals surface area contributed by atoms with E-state index >= 15 is 0 Å². The number of nitrogens with two attached hydrogens (primary N) is 1. The fourth-order valence-electron chi connectivity index (χ4n) is 1.41. The fraction of sp³-hybridized carbons (Fsp3) is 0.100. The van der Waals surface area contributed by atoms with Crippen LogP contribution in [0.3, 0.4) is 0 Å². The molecule has 0 fully saturated rings. The molecule has 1 heterocycles. The van der Waals surface area contributed by atoms with Gasteiger partial charge < -0.3 is 10.8 Å². The van der Waals surface area contributed by atoms with Crippen LogP contribution in [0, 0.1) is 14.1 Å². The average Bonchev–Trinajstić information content (AvgIpc) is 2.51. The molecule has 1 aromatic carbocycles. The number of nitrogens with zero attached hydrogens (tertiary/aromatic N) is 1. The van der Waals surface area contributed by atoms with Crippen LogP contribution in [0.1, 0.15) is 4.88 Å². The van der Waals surface area contributed by atoms with Crippen molar-refractivity contribution in [1.82, 2.24) is 4.98 Å². The molecule has 0 saturated carbocycles. The van der Waals surface area contributed by atoms with Gasteiger partial charge in [-0.3, -0.25) is 0 Å². The molecule has 0 spiro atoms. The van der Waals surface area contributed by atoms with Crippen molar-refractivity contribution in [2.75, 3.05) is 5.73 Å². The number of aromatic hydroxyl groups is 1. The van der Waals surface area contributed by atoms with E-state index in [-0.39, 0.29) is 5.75 Å². The quantitative estimate of drug-likeness (QED) is 0.643. The smallest absolute Gasteiger partial charge is 0.180 e. The Labute approximate surface area is 124 Å². The highest BCUT2D eigenvalue weighted by molar-refractivity contribution is 14.1. The van der Waals surface area contributed by atoms with E-state index in [0.717, 1.165) is 23.3 Å². The topological polar surface area (TPSA) is 59.1 Å². The monoisotopic (exact) mass is 458 g/mol. The van der Waals surface area contributed by atoms with E-state index in [9.17, 15) is 5.11 Å². The number of phenols is 1. The lowest BCUT2D eigenvalue weighted by Crippen LogP contribution is -1.88. The molecule has 3 N–H and O–H groups in total. The molecule has 0 aliphatic heterocycles. The van der Waals surface area contributed by atoms with Crippen molar-refractivity contribution in [2.45, 2.75) is 6.92 Å². The minimum atomic E-state index is 0.273. The first-order chi connectivity index (χ1) is 7.49. The molecule has 0 atom stereocenters. The van der Waals surface area contributed by atoms with E-state index in [1.165, 1.54) is 11.3 Å². The molecule has 1 aromatic heterocycles. The second kappa shape index (κ2) is 4.65. The minimum absolute atomic E-state index is 0.273. The van der Waals surface area contributed by atoms with Gasteiger partial charge in [-0.15, -0.1) is 11.3 Å². The van der Waals surface area contributed by atoms with Crippen LogP contribution in [-0.2, 0) is 0 Å². The number of aryl methyl sites for hydroxylation is 1. The van der Waals surface area contributed by atoms with Crippen LogP contribution >= 0.6 is 56.5 Å². The van der Waals surface area contributed by atoms with Gasteiger partial charge in [0, 0.05) is 14.0 Å². The van der Waals surface area contributed by atoms with Crippen molar-refractivity contribution in [3.05, 3.63) is 24.2 Å². The number of halogens is 2. The fourth-order valence-corrected chi connectivity index (χ4v) is 3.96. The summed E-state index contributed by atoms with van der Waals surface area (Å²) in [6.45, 7) is 1.95. The van der Waals surface area contributed by atoms with E-state index in [1.54, 1.807) is 0 Å². The van der Waals surface area contributed by atoms with Gasteiger partial charge in [0.15, 0.2) is 5.13 Å². The van der Waals surface area contributed by atoms with Crippen LogP contribution in [0.5, 0.6) is 5.75 Å². The Bertz CT molecular complexity index is 554. The van der Waals surface area contributed by atoms with Crippen molar-refractivity contribution >= 4 is 61.7 Å². The summed E-state index contributed by atoms with van der Waals surface area (Å²) in [4.78, 5) is 5.27. The average molecular weight is 458 g/mol. The highest BCUT2D eigenvalue weighted by Crippen LogP contribution is 2.38. The summed E-state index contributed by atoms with van der Waals surface area (Å²) >= 11 is 5.77. The standard InChI is InChI=1S/C10H8I2N2OS/c1-4-8(14-10(13)16-4)6-2-5(11)3-7(12)9(6)15/h2-3,15H,1H3,(H2,13,14). The van der Waals surface area contributed by atoms with Crippen LogP contribution in [0.25, 0.3) is 11.3 Å². The number of rotatable bonds is 1. The first kappa shape index (κ1) is 12.4. The Kier molecular flexibility index (Phi) is 3.59. The molecule has 84 valence electrons. The maximum absolute atomic E-state index is 10.0. The first-order valence-electron chi connectivity index (χ1n) is 4.40. The molecule has 0 aliphatic rings. The Morgan fingerprint density at radius 1 is 1.38 bits per heavy atom. The molecule has 3 nitrogen and oxygen atoms in total. The van der Waals surface area contributed by atoms with Gasteiger partial charge in [-0.25, -0.2) is 4.98 Å². The van der Waals surface area contributed by atoms with Crippen LogP contribution in [0.2, 0.25) is 0 Å². The number of hydrogen-bond donors (Lipinski definition) is 2. The van der Waals surface area contributed by atoms with Gasteiger partial charge in [0.25, 0.3) is 0 Å². The number of phenolic OH excluding ortho intramolecular Hbond substituents is 1. The first-order valence-corrected chi connectivity index (χ1v) is 7.37. The molecule has 16 heavy (non-hydrogen) atoms. The number of thiazole rings is 1. The molecule has 0 aliphatic carbocycles. The zero-order valence-corrected chi connectivity index (χ0v) is 13.4. The summed E-state index contributed by atoms with van der Waals surface area (Å²) in [7, 11) is 0. The molecule has 2 aromatic rings. The Morgan fingerprint density at radius 3 is 2.62 bits per heavy atom. The van der Waals surface area contributed by atoms with E-state index < -0.39 is 0 Å². The van der Waals surface area contributed by atoms with Crippen molar-refractivity contribution in [3.8, 4) is 17.0 Å². The van der Waals surface area contributed by atoms with Crippen LogP contribution in [0.4, 0.5) is 5.13 Å². The maximum Gasteiger partial charge on any atom is 0.180 e. The normalized spacial score (nSPS) is 10.7. The molecule has 0 bridgehead atoms. The number of aromatic nitrogens is 1. The summed E-state index contributed by atoms with van der Waals surface area (Å²) in [6.07, 6.45) is 0. The summed E-state index contributed by atoms with van der Waals surface area (Å²) in [6, 6.07) is 3.84. The summed E-state index contributed by atoms with van der Waals surface area (Å²) < 4.78 is 1.89. The lowest BCUT2D eigenvalue weighted by Gasteiger charge is -2.05. The van der Waals surface area contributed by atoms with Gasteiger partial charge in [0.05, 0.1) is 9.26 Å². The van der Waals surface area contributed by atoms with E-state index in [1.807, 2.05) is 19.1 Å². The molecule has 6 heteroatoms. The second-order valence-electron chi connectivity index (χ2n) is 3.24. The lowest BCUT2D eigenvalue weighted by atomic mass is 10.1. The van der Waals surface area contributed by atoms with Gasteiger partial charge in [-0.2, -0.15) is 0 Å². The van der Waals surface area contributed by atoms with Crippen LogP contribution in [0.15, 0.2) is 12.1 Å². The summed E-state index contributed by atoms with van der Waals surface area (Å²) in [5.74, 6) is 0.273. The third kappa shape index (κ3) is 2.28. The number of benzene rings is 1. The molecular weight excluding hydrogens is 450 g/mol. The second-order valence-corrected chi connectivity index (χ2v) is 6.88. The van der Waals surface area contributed by atoms with Crippen molar-refractivity contribution in [2.24, 2.45) is 0 Å². The molecule has 0 radical (unpaired) electrons. The Morgan fingerprint density at radius 2 is 2.06 bits per heavy atom. The van der Waals surface area contributed by atoms with Crippen LogP contribution < -0.4 is 5.73 Å². The third-order valence-electron chi connectivity index (χ3n) is 2.10. The van der Waals surface area contributed by atoms with E-state index in [0.29, 0.717) is 5.13 Å². The van der Waals surface area contributed by atoms with Crippen molar-refractivity contribution in [3.63, 3.8) is 0 Å². The number of anilines is 1. The zero-order valence-electron chi connectivity index (χ0n) is 8.29. The maximum atomic E-state index is 10.0. The molecule has 2 rings (SSSR count). The van der Waals surface area contributed by atoms with Crippen molar-refractivity contribution < 1.29 is 5.11 Å². The van der Waals surface area contributed by atoms with E-state index in [2.05, 4.69) is 50.2 Å². The molecule has 0 unspecified atom stereocenters. The lowest BCUT2D eigenvalue weighted by molar-refractivity contribution is 0.473. The molecule has 0 amide bonds. The Balaban J connectivity index is 2.68. The Hall–Kier alpha value is -0.0900. The largest absolute Gasteiger partial charge is 0.506 e. The summed E-state index contributed by atoms with van der Waals surface area (Å²) in [5, 5.41) is 10.6. The molecule has 0 saturated heterocycles. The minimum Gasteiger partial charge on any atom is -0.506 e. The number of nitrogen functional groups attached to an aromatic ring is 1. The van der Waals surface area contributed by atoms with Gasteiger partial charge in [-0.05, 0) is 64.2 Å². The van der Waals surface area contributed by atoms with Crippen LogP contribution in [-0.4, -0.2) is 10.1 Å². The zero-order chi connectivity index (χ0) is 11.9. The predicted molar refractivity (Wildman–Crippen MR) is 83.8 cm³/mol. The van der Waals surface area contributed by atoms with Crippen molar-refractivity contribution in [1.29, 1.82) is 0 Å². The predicted octanol–water partition coefficient (Wildman–Crippen LogP) is 3.62. The highest BCUT2D eigenvalue weighted by Gasteiger charge is 2.15. The summed E-state index contributed by atoms with van der Waals surface area (Å²) in [5.41, 5.74) is 7.19. The van der Waals surface area contributed by atoms with Gasteiger partial charge in [-0.1, -0.05) is 0 Å². The van der Waals surface area contributed by atoms with Gasteiger partial charge in [0.2, 0.25) is 0 Å². The SMILES string of the molecule is Cc1sc(N)nc1-c1cc(I)cc(I)c1O.